The zero-order valence-electron chi connectivity index (χ0n) is 35.8. The summed E-state index contributed by atoms with van der Waals surface area (Å²) < 4.78 is 19.6. The first-order valence-electron chi connectivity index (χ1n) is 20.7. The summed E-state index contributed by atoms with van der Waals surface area (Å²) in [5, 5.41) is 20.0. The van der Waals surface area contributed by atoms with Crippen LogP contribution in [0.1, 0.15) is 37.2 Å². The van der Waals surface area contributed by atoms with E-state index < -0.39 is 6.04 Å². The molecule has 9 N–H and O–H groups in total. The molecule has 25 nitrogen and oxygen atoms in total. The van der Waals surface area contributed by atoms with E-state index in [2.05, 4.69) is 41.8 Å². The van der Waals surface area contributed by atoms with Crippen LogP contribution in [0, 0.1) is 12.3 Å². The predicted molar refractivity (Wildman–Crippen MR) is 237 cm³/mol. The van der Waals surface area contributed by atoms with E-state index in [4.69, 9.17) is 58.5 Å². The largest absolute Gasteiger partial charge is 0.377 e. The number of hydrogen-bond donors (Lipinski definition) is 5. The minimum atomic E-state index is -0.533. The Bertz CT molecular complexity index is 1950. The van der Waals surface area contributed by atoms with Crippen molar-refractivity contribution in [3.63, 3.8) is 0 Å². The summed E-state index contributed by atoms with van der Waals surface area (Å²) in [5.74, 6) is 3.76. The monoisotopic (exact) mass is 900 g/mol. The first kappa shape index (κ1) is 49.6. The second-order valence-corrected chi connectivity index (χ2v) is 14.4. The van der Waals surface area contributed by atoms with Gasteiger partial charge in [0.05, 0.1) is 44.4 Å². The quantitative estimate of drug-likeness (QED) is 0.0249. The number of guanidine groups is 2. The van der Waals surface area contributed by atoms with Gasteiger partial charge in [-0.2, -0.15) is 15.0 Å². The maximum atomic E-state index is 13.6. The fourth-order valence-corrected chi connectivity index (χ4v) is 6.50. The Hall–Kier alpha value is -6.10. The molecule has 2 aliphatic rings. The molecule has 5 heterocycles. The van der Waals surface area contributed by atoms with Gasteiger partial charge in [-0.15, -0.1) is 29.0 Å². The molecule has 3 aromatic heterocycles. The number of anilines is 3. The van der Waals surface area contributed by atoms with Crippen LogP contribution in [-0.4, -0.2) is 190 Å². The average molecular weight is 901 g/mol. The number of aliphatic imine (C=N–C) groups is 2. The van der Waals surface area contributed by atoms with Crippen LogP contribution in [0.25, 0.3) is 0 Å². The number of nitrogens with zero attached hydrogens (tertiary/aromatic N) is 15. The molecule has 346 valence electrons. The maximum absolute atomic E-state index is 13.6. The lowest BCUT2D eigenvalue weighted by molar-refractivity contribution is -0.135. The van der Waals surface area contributed by atoms with E-state index in [1.807, 2.05) is 21.6 Å². The number of amides is 2. The van der Waals surface area contributed by atoms with Crippen LogP contribution >= 0.6 is 12.4 Å². The molecule has 0 spiro atoms. The topological polar surface area (TPSA) is 316 Å². The number of hydrogen-bond acceptors (Lipinski definition) is 17. The van der Waals surface area contributed by atoms with Crippen molar-refractivity contribution in [2.24, 2.45) is 32.9 Å². The molecular weight excluding hydrogens is 840 g/mol. The second-order valence-electron chi connectivity index (χ2n) is 14.4. The average Bonchev–Trinajstić information content (AvgIpc) is 3.95. The summed E-state index contributed by atoms with van der Waals surface area (Å²) in [6.07, 6.45) is 11.4. The third-order valence-electron chi connectivity index (χ3n) is 9.83. The standard InChI is InChI=1S/C37H60N20O5.ClH/c1-3-19-60-21-23-62-24-22-61-20-10-44-35-45-36(54-15-11-52(12-16-54)31(58)27-56-25-29(48-50-56)6-4-8-42-33(38)39)47-37(46-35)55-17-13-53(14-18-55)32(59)28(2)57-26-30(49-51-57)7-5-9-43-34(40)41;/h1,25-26,28H,4-24,27H2,2H3,(H4,38,39,42)(H4,40,41,43)(H,44,45,46,47);1H/t28-;/m0./s1. The molecule has 0 radical (unpaired) electrons. The van der Waals surface area contributed by atoms with Gasteiger partial charge >= 0.3 is 0 Å². The van der Waals surface area contributed by atoms with E-state index in [1.165, 1.54) is 0 Å². The molecule has 2 amide bonds. The number of aromatic nitrogens is 9. The summed E-state index contributed by atoms with van der Waals surface area (Å²) in [5.41, 5.74) is 23.1. The summed E-state index contributed by atoms with van der Waals surface area (Å²) >= 11 is 0. The van der Waals surface area contributed by atoms with E-state index in [1.54, 1.807) is 26.7 Å². The summed E-state index contributed by atoms with van der Waals surface area (Å²) in [4.78, 5) is 56.9. The number of piperazine rings is 2. The second kappa shape index (κ2) is 26.4. The number of carbonyl (C=O) groups excluding carboxylic acids is 2. The fraction of sp³-hybridized carbons (Fsp3) is 0.649. The molecular formula is C37H61ClN20O5. The van der Waals surface area contributed by atoms with Gasteiger partial charge in [-0.05, 0) is 32.6 Å². The van der Waals surface area contributed by atoms with Crippen LogP contribution in [0.15, 0.2) is 22.4 Å². The highest BCUT2D eigenvalue weighted by atomic mass is 35.5. The van der Waals surface area contributed by atoms with Gasteiger partial charge in [0.25, 0.3) is 0 Å². The molecule has 0 unspecified atom stereocenters. The number of nitrogens with one attached hydrogen (secondary N) is 1. The minimum absolute atomic E-state index is 0. The van der Waals surface area contributed by atoms with Crippen LogP contribution in [0.3, 0.4) is 0 Å². The molecule has 0 aliphatic carbocycles. The highest BCUT2D eigenvalue weighted by Gasteiger charge is 2.29. The van der Waals surface area contributed by atoms with Gasteiger partial charge in [-0.25, -0.2) is 9.36 Å². The smallest absolute Gasteiger partial charge is 0.247 e. The Balaban J connectivity index is 0.00000871. The van der Waals surface area contributed by atoms with Crippen molar-refractivity contribution in [3.05, 3.63) is 23.8 Å². The number of aryl methyl sites for hydroxylation is 2. The zero-order chi connectivity index (χ0) is 44.1. The summed E-state index contributed by atoms with van der Waals surface area (Å²) in [7, 11) is 0. The molecule has 1 atom stereocenters. The van der Waals surface area contributed by atoms with E-state index in [-0.39, 0.29) is 49.3 Å². The Morgan fingerprint density at radius 1 is 0.762 bits per heavy atom. The number of carbonyl (C=O) groups is 2. The number of terminal acetylenes is 1. The van der Waals surface area contributed by atoms with Gasteiger partial charge in [0.1, 0.15) is 19.2 Å². The lowest BCUT2D eigenvalue weighted by Gasteiger charge is -2.37. The predicted octanol–water partition coefficient (Wildman–Crippen LogP) is -2.76. The summed E-state index contributed by atoms with van der Waals surface area (Å²) in [6.45, 7) is 9.56. The van der Waals surface area contributed by atoms with Crippen LogP contribution in [-0.2, 0) is 43.2 Å². The first-order valence-corrected chi connectivity index (χ1v) is 20.7. The molecule has 2 saturated heterocycles. The van der Waals surface area contributed by atoms with Gasteiger partial charge in [0.15, 0.2) is 11.9 Å². The lowest BCUT2D eigenvalue weighted by atomic mass is 10.2. The first-order chi connectivity index (χ1) is 30.1. The van der Waals surface area contributed by atoms with Crippen molar-refractivity contribution >= 4 is 54.0 Å². The van der Waals surface area contributed by atoms with Crippen molar-refractivity contribution in [1.29, 1.82) is 0 Å². The lowest BCUT2D eigenvalue weighted by Crippen LogP contribution is -2.51. The highest BCUT2D eigenvalue weighted by molar-refractivity contribution is 5.85. The maximum Gasteiger partial charge on any atom is 0.247 e. The van der Waals surface area contributed by atoms with Gasteiger partial charge in [-0.1, -0.05) is 16.3 Å². The van der Waals surface area contributed by atoms with Crippen LogP contribution in [0.4, 0.5) is 17.8 Å². The zero-order valence-corrected chi connectivity index (χ0v) is 36.6. The molecule has 2 aliphatic heterocycles. The van der Waals surface area contributed by atoms with E-state index >= 15 is 0 Å². The van der Waals surface area contributed by atoms with Crippen molar-refractivity contribution in [2.75, 3.05) is 127 Å². The Labute approximate surface area is 372 Å². The molecule has 5 rings (SSSR count). The van der Waals surface area contributed by atoms with Gasteiger partial charge in [0.2, 0.25) is 29.7 Å². The van der Waals surface area contributed by atoms with Crippen LogP contribution in [0.5, 0.6) is 0 Å². The molecule has 0 aromatic carbocycles. The fourth-order valence-electron chi connectivity index (χ4n) is 6.50. The van der Waals surface area contributed by atoms with Crippen LogP contribution in [0.2, 0.25) is 0 Å². The SMILES string of the molecule is C#CCOCCOCCOCCNc1nc(N2CCN(C(=O)Cn3cc(CCCN=C(N)N)nn3)CC2)nc(N2CCN(C(=O)[C@H](C)n3cc(CCCN=C(N)N)nn3)CC2)n1.Cl. The molecule has 0 saturated carbocycles. The minimum Gasteiger partial charge on any atom is -0.377 e. The number of rotatable bonds is 25. The highest BCUT2D eigenvalue weighted by Crippen LogP contribution is 2.21. The van der Waals surface area contributed by atoms with Gasteiger partial charge in [0, 0.05) is 84.4 Å². The van der Waals surface area contributed by atoms with Crippen molar-refractivity contribution in [2.45, 2.75) is 45.2 Å². The molecule has 63 heavy (non-hydrogen) atoms. The van der Waals surface area contributed by atoms with Gasteiger partial charge < -0.3 is 62.1 Å². The normalized spacial score (nSPS) is 14.4. The molecule has 2 fully saturated rings. The third-order valence-corrected chi connectivity index (χ3v) is 9.83. The van der Waals surface area contributed by atoms with E-state index in [0.717, 1.165) is 11.4 Å². The number of nitrogens with two attached hydrogens (primary N) is 4. The number of ether oxygens (including phenoxy) is 3. The van der Waals surface area contributed by atoms with Crippen LogP contribution < -0.4 is 38.1 Å². The number of halogens is 1. The molecule has 0 bridgehead atoms. The van der Waals surface area contributed by atoms with Crippen molar-refractivity contribution in [3.8, 4) is 12.3 Å². The Morgan fingerprint density at radius 3 is 1.89 bits per heavy atom. The summed E-state index contributed by atoms with van der Waals surface area (Å²) in [6, 6.07) is -0.533. The van der Waals surface area contributed by atoms with Crippen molar-refractivity contribution in [1.82, 2.24) is 54.7 Å². The van der Waals surface area contributed by atoms with E-state index in [0.29, 0.717) is 149 Å². The molecule has 3 aromatic rings. The third kappa shape index (κ3) is 16.6. The Kier molecular flexibility index (Phi) is 20.8. The molecule has 26 heteroatoms. The Morgan fingerprint density at radius 2 is 1.30 bits per heavy atom. The van der Waals surface area contributed by atoms with Crippen molar-refractivity contribution < 1.29 is 23.8 Å². The van der Waals surface area contributed by atoms with E-state index in [9.17, 15) is 9.59 Å². The van der Waals surface area contributed by atoms with Gasteiger partial charge in [-0.3, -0.25) is 19.6 Å².